The average molecular weight is 354 g/mol. The van der Waals surface area contributed by atoms with Crippen molar-refractivity contribution < 1.29 is 0 Å². The molecule has 4 heteroatoms. The molecule has 0 saturated carbocycles. The second kappa shape index (κ2) is 6.63. The maximum atomic E-state index is 4.27. The molecule has 0 fully saturated rings. The first-order valence-corrected chi connectivity index (χ1v) is 9.52. The van der Waals surface area contributed by atoms with Gasteiger partial charge in [-0.1, -0.05) is 37.3 Å². The first-order valence-electron chi connectivity index (χ1n) is 9.52. The van der Waals surface area contributed by atoms with Gasteiger partial charge in [0.15, 0.2) is 0 Å². The van der Waals surface area contributed by atoms with Crippen molar-refractivity contribution in [3.05, 3.63) is 83.7 Å². The first kappa shape index (κ1) is 16.2. The molecule has 4 aromatic rings. The maximum Gasteiger partial charge on any atom is 0.0929 e. The van der Waals surface area contributed by atoms with Crippen LogP contribution >= 0.6 is 0 Å². The monoisotopic (exact) mass is 354 g/mol. The summed E-state index contributed by atoms with van der Waals surface area (Å²) in [7, 11) is 0. The number of likely N-dealkylation sites (N-methyl/N-ethyl adjacent to an activating group) is 1. The summed E-state index contributed by atoms with van der Waals surface area (Å²) in [6.07, 6.45) is 1.71. The van der Waals surface area contributed by atoms with Gasteiger partial charge in [-0.25, -0.2) is 0 Å². The van der Waals surface area contributed by atoms with Crippen LogP contribution in [0.5, 0.6) is 0 Å². The zero-order valence-corrected chi connectivity index (χ0v) is 15.4. The zero-order chi connectivity index (χ0) is 18.2. The van der Waals surface area contributed by atoms with Gasteiger partial charge in [-0.15, -0.1) is 0 Å². The predicted octanol–water partition coefficient (Wildman–Crippen LogP) is 4.59. The molecule has 0 aliphatic carbocycles. The Morgan fingerprint density at radius 3 is 2.81 bits per heavy atom. The van der Waals surface area contributed by atoms with E-state index in [4.69, 9.17) is 0 Å². The molecule has 2 aromatic carbocycles. The van der Waals surface area contributed by atoms with Crippen LogP contribution in [-0.2, 0) is 6.54 Å². The molecule has 27 heavy (non-hydrogen) atoms. The molecule has 5 rings (SSSR count). The van der Waals surface area contributed by atoms with Crippen molar-refractivity contribution in [2.75, 3.05) is 13.1 Å². The normalized spacial score (nSPS) is 17.1. The molecule has 134 valence electrons. The Labute approximate surface area is 158 Å². The van der Waals surface area contributed by atoms with Crippen molar-refractivity contribution >= 4 is 10.9 Å². The lowest BCUT2D eigenvalue weighted by Crippen LogP contribution is -2.34. The van der Waals surface area contributed by atoms with E-state index in [1.54, 1.807) is 6.20 Å². The third kappa shape index (κ3) is 2.92. The number of aromatic amines is 1. The topological polar surface area (TPSA) is 44.8 Å². The highest BCUT2D eigenvalue weighted by atomic mass is 15.1. The van der Waals surface area contributed by atoms with Crippen LogP contribution in [-0.4, -0.2) is 33.2 Å². The number of fused-ring (bicyclic) bond motifs is 2. The largest absolute Gasteiger partial charge is 0.358 e. The highest BCUT2D eigenvalue weighted by Gasteiger charge is 2.27. The fourth-order valence-corrected chi connectivity index (χ4v) is 4.15. The van der Waals surface area contributed by atoms with Gasteiger partial charge in [-0.2, -0.15) is 10.2 Å². The second-order valence-corrected chi connectivity index (χ2v) is 7.21. The third-order valence-corrected chi connectivity index (χ3v) is 5.59. The molecule has 0 amide bonds. The van der Waals surface area contributed by atoms with Crippen molar-refractivity contribution in [3.63, 3.8) is 0 Å². The van der Waals surface area contributed by atoms with Crippen molar-refractivity contribution in [3.8, 4) is 11.3 Å². The Bertz CT molecular complexity index is 1050. The molecule has 1 N–H and O–H groups in total. The molecule has 4 nitrogen and oxygen atoms in total. The Kier molecular flexibility index (Phi) is 3.98. The molecule has 1 unspecified atom stereocenters. The number of H-pyrrole nitrogens is 1. The van der Waals surface area contributed by atoms with Gasteiger partial charge in [0, 0.05) is 42.0 Å². The van der Waals surface area contributed by atoms with Crippen LogP contribution in [0.15, 0.2) is 66.9 Å². The Balaban J connectivity index is 1.60. The minimum absolute atomic E-state index is 0.358. The molecule has 1 aliphatic heterocycles. The summed E-state index contributed by atoms with van der Waals surface area (Å²) in [5.74, 6) is 0.358. The van der Waals surface area contributed by atoms with Crippen LogP contribution in [0.4, 0.5) is 0 Å². The SMILES string of the molecule is CCN1Cc2cc(-c3cccnn3)ccc2C(c2cc3ccccc3[nH]2)C1. The van der Waals surface area contributed by atoms with Crippen molar-refractivity contribution in [2.24, 2.45) is 0 Å². The van der Waals surface area contributed by atoms with Crippen LogP contribution in [0.2, 0.25) is 0 Å². The Morgan fingerprint density at radius 1 is 1.07 bits per heavy atom. The molecular weight excluding hydrogens is 332 g/mol. The van der Waals surface area contributed by atoms with Gasteiger partial charge in [-0.3, -0.25) is 4.90 Å². The van der Waals surface area contributed by atoms with E-state index >= 15 is 0 Å². The van der Waals surface area contributed by atoms with Crippen LogP contribution in [0.25, 0.3) is 22.2 Å². The van der Waals surface area contributed by atoms with E-state index < -0.39 is 0 Å². The number of benzene rings is 2. The lowest BCUT2D eigenvalue weighted by atomic mass is 9.86. The highest BCUT2D eigenvalue weighted by Crippen LogP contribution is 2.36. The highest BCUT2D eigenvalue weighted by molar-refractivity contribution is 5.80. The van der Waals surface area contributed by atoms with E-state index in [1.165, 1.54) is 27.7 Å². The van der Waals surface area contributed by atoms with Gasteiger partial charge in [0.25, 0.3) is 0 Å². The molecule has 2 aromatic heterocycles. The van der Waals surface area contributed by atoms with E-state index in [1.807, 2.05) is 12.1 Å². The second-order valence-electron chi connectivity index (χ2n) is 7.21. The predicted molar refractivity (Wildman–Crippen MR) is 109 cm³/mol. The third-order valence-electron chi connectivity index (χ3n) is 5.59. The standard InChI is InChI=1S/C23H22N4/c1-2-27-14-18-12-17(22-8-5-11-24-26-22)9-10-19(18)20(15-27)23-13-16-6-3-4-7-21(16)25-23/h3-13,20,25H,2,14-15H2,1H3. The number of para-hydroxylation sites is 1. The number of nitrogens with one attached hydrogen (secondary N) is 1. The van der Waals surface area contributed by atoms with Crippen LogP contribution in [0.1, 0.15) is 29.7 Å². The molecule has 3 heterocycles. The average Bonchev–Trinajstić information content (AvgIpc) is 3.17. The van der Waals surface area contributed by atoms with E-state index in [0.29, 0.717) is 5.92 Å². The molecule has 1 aliphatic rings. The van der Waals surface area contributed by atoms with Crippen LogP contribution in [0.3, 0.4) is 0 Å². The summed E-state index contributed by atoms with van der Waals surface area (Å²) < 4.78 is 0. The lowest BCUT2D eigenvalue weighted by Gasteiger charge is -2.34. The molecule has 0 spiro atoms. The minimum Gasteiger partial charge on any atom is -0.358 e. The van der Waals surface area contributed by atoms with E-state index in [0.717, 1.165) is 30.9 Å². The summed E-state index contributed by atoms with van der Waals surface area (Å²) in [4.78, 5) is 6.16. The van der Waals surface area contributed by atoms with E-state index in [9.17, 15) is 0 Å². The van der Waals surface area contributed by atoms with Crippen molar-refractivity contribution in [2.45, 2.75) is 19.4 Å². The summed E-state index contributed by atoms with van der Waals surface area (Å²) in [6, 6.07) is 21.5. The summed E-state index contributed by atoms with van der Waals surface area (Å²) in [5.41, 5.74) is 7.36. The zero-order valence-electron chi connectivity index (χ0n) is 15.4. The smallest absolute Gasteiger partial charge is 0.0929 e. The number of hydrogen-bond donors (Lipinski definition) is 1. The molecule has 0 bridgehead atoms. The molecule has 0 radical (unpaired) electrons. The van der Waals surface area contributed by atoms with Crippen LogP contribution in [0, 0.1) is 0 Å². The fourth-order valence-electron chi connectivity index (χ4n) is 4.15. The maximum absolute atomic E-state index is 4.27. The van der Waals surface area contributed by atoms with E-state index in [-0.39, 0.29) is 0 Å². The summed E-state index contributed by atoms with van der Waals surface area (Å²) in [5, 5.41) is 9.58. The van der Waals surface area contributed by atoms with Gasteiger partial charge < -0.3 is 4.98 Å². The molecule has 0 saturated heterocycles. The van der Waals surface area contributed by atoms with Crippen molar-refractivity contribution in [1.29, 1.82) is 0 Å². The molecule has 1 atom stereocenters. The number of rotatable bonds is 3. The Morgan fingerprint density at radius 2 is 2.00 bits per heavy atom. The van der Waals surface area contributed by atoms with Gasteiger partial charge in [-0.05, 0) is 53.4 Å². The van der Waals surface area contributed by atoms with Crippen LogP contribution < -0.4 is 0 Å². The number of aromatic nitrogens is 3. The summed E-state index contributed by atoms with van der Waals surface area (Å²) >= 11 is 0. The van der Waals surface area contributed by atoms with Crippen molar-refractivity contribution in [1.82, 2.24) is 20.1 Å². The lowest BCUT2D eigenvalue weighted by molar-refractivity contribution is 0.252. The quantitative estimate of drug-likeness (QED) is 0.585. The Hall–Kier alpha value is -2.98. The van der Waals surface area contributed by atoms with E-state index in [2.05, 4.69) is 75.5 Å². The first-order chi connectivity index (χ1) is 13.3. The van der Waals surface area contributed by atoms with Gasteiger partial charge in [0.05, 0.1) is 5.69 Å². The summed E-state index contributed by atoms with van der Waals surface area (Å²) in [6.45, 7) is 5.31. The van der Waals surface area contributed by atoms with Gasteiger partial charge in [0.2, 0.25) is 0 Å². The number of hydrogen-bond acceptors (Lipinski definition) is 3. The van der Waals surface area contributed by atoms with Gasteiger partial charge >= 0.3 is 0 Å². The fraction of sp³-hybridized carbons (Fsp3) is 0.217. The number of nitrogens with zero attached hydrogens (tertiary/aromatic N) is 3. The van der Waals surface area contributed by atoms with Gasteiger partial charge in [0.1, 0.15) is 0 Å². The minimum atomic E-state index is 0.358. The molecular formula is C23H22N4.